The molecule has 0 saturated carbocycles. The van der Waals surface area contributed by atoms with Crippen molar-refractivity contribution in [2.24, 2.45) is 0 Å². The number of aliphatic hydroxyl groups is 1. The number of carbonyl (C=O) groups is 1. The van der Waals surface area contributed by atoms with Crippen molar-refractivity contribution in [2.45, 2.75) is 50.7 Å². The van der Waals surface area contributed by atoms with Gasteiger partial charge in [0.05, 0.1) is 11.0 Å². The molecular formula is C31H38ClFIN3O4S. The zero-order valence-electron chi connectivity index (χ0n) is 23.9. The largest absolute Gasteiger partial charge is 0.390 e. The Kier molecular flexibility index (Phi) is 13.7. The molecule has 0 spiro atoms. The summed E-state index contributed by atoms with van der Waals surface area (Å²) in [7, 11) is -4.13. The molecule has 1 amide bonds. The van der Waals surface area contributed by atoms with Gasteiger partial charge in [-0.2, -0.15) is 4.31 Å². The van der Waals surface area contributed by atoms with Gasteiger partial charge in [0.25, 0.3) is 5.91 Å². The number of hydrogen-bond donors (Lipinski definition) is 2. The van der Waals surface area contributed by atoms with Gasteiger partial charge in [-0.25, -0.2) is 12.8 Å². The van der Waals surface area contributed by atoms with E-state index in [4.69, 9.17) is 11.6 Å². The monoisotopic (exact) mass is 729 g/mol. The summed E-state index contributed by atoms with van der Waals surface area (Å²) in [6.45, 7) is 5.58. The normalized spacial score (nSPS) is 12.5. The van der Waals surface area contributed by atoms with Crippen LogP contribution < -0.4 is 5.32 Å². The molecule has 3 rings (SSSR count). The van der Waals surface area contributed by atoms with Gasteiger partial charge in [-0.1, -0.05) is 43.6 Å². The van der Waals surface area contributed by atoms with Crippen molar-refractivity contribution in [1.82, 2.24) is 14.5 Å². The number of carbonyl (C=O) groups excluding carboxylic acids is 1. The zero-order valence-corrected chi connectivity index (χ0v) is 27.6. The molecule has 3 aromatic carbocycles. The molecule has 0 aromatic heterocycles. The molecular weight excluding hydrogens is 692 g/mol. The number of rotatable bonds is 16. The second kappa shape index (κ2) is 16.7. The van der Waals surface area contributed by atoms with Crippen molar-refractivity contribution in [2.75, 3.05) is 32.7 Å². The summed E-state index contributed by atoms with van der Waals surface area (Å²) in [5, 5.41) is 14.3. The molecule has 11 heteroatoms. The number of halogens is 3. The van der Waals surface area contributed by atoms with Gasteiger partial charge < -0.3 is 15.3 Å². The average molecular weight is 730 g/mol. The minimum atomic E-state index is -4.13. The first-order valence-corrected chi connectivity index (χ1v) is 16.9. The minimum absolute atomic E-state index is 0.0218. The van der Waals surface area contributed by atoms with E-state index in [1.807, 2.05) is 38.1 Å². The van der Waals surface area contributed by atoms with Gasteiger partial charge in [0.1, 0.15) is 5.82 Å². The Morgan fingerprint density at radius 1 is 1.00 bits per heavy atom. The molecule has 2 N–H and O–H groups in total. The van der Waals surface area contributed by atoms with Crippen molar-refractivity contribution in [1.29, 1.82) is 0 Å². The van der Waals surface area contributed by atoms with Crippen LogP contribution in [0.2, 0.25) is 5.02 Å². The van der Waals surface area contributed by atoms with Crippen LogP contribution >= 0.6 is 34.2 Å². The molecule has 0 aliphatic rings. The lowest BCUT2D eigenvalue weighted by molar-refractivity contribution is 0.0755. The van der Waals surface area contributed by atoms with Gasteiger partial charge in [-0.05, 0) is 102 Å². The Morgan fingerprint density at radius 2 is 1.71 bits per heavy atom. The standard InChI is InChI=1S/C31H38ClFIN3O4S/c1-3-12-36(13-4-2)31(39)25-8-6-10-30(18-25)42(40,41)37(14-11-23-15-26(32)19-27(33)16-23)22-29(38)21-35-20-24-7-5-9-28(34)17-24/h5-10,15-19,29,35,38H,3-4,11-14,20-22H2,1-2H3/t29-/m0/s1. The predicted octanol–water partition coefficient (Wildman–Crippen LogP) is 5.73. The molecule has 0 unspecified atom stereocenters. The minimum Gasteiger partial charge on any atom is -0.390 e. The first-order chi connectivity index (χ1) is 20.0. The molecule has 0 radical (unpaired) electrons. The van der Waals surface area contributed by atoms with E-state index < -0.39 is 21.9 Å². The van der Waals surface area contributed by atoms with Crippen LogP contribution in [0.4, 0.5) is 4.39 Å². The third-order valence-electron chi connectivity index (χ3n) is 6.58. The zero-order chi connectivity index (χ0) is 30.7. The summed E-state index contributed by atoms with van der Waals surface area (Å²) in [6.07, 6.45) is 0.736. The second-order valence-corrected chi connectivity index (χ2v) is 13.7. The fraction of sp³-hybridized carbons (Fsp3) is 0.387. The highest BCUT2D eigenvalue weighted by atomic mass is 127. The van der Waals surface area contributed by atoms with E-state index >= 15 is 0 Å². The lowest BCUT2D eigenvalue weighted by atomic mass is 10.1. The molecule has 0 aliphatic carbocycles. The van der Waals surface area contributed by atoms with Crippen LogP contribution in [-0.4, -0.2) is 67.5 Å². The van der Waals surface area contributed by atoms with Crippen molar-refractivity contribution in [3.8, 4) is 0 Å². The van der Waals surface area contributed by atoms with Crippen LogP contribution in [0.5, 0.6) is 0 Å². The SMILES string of the molecule is CCCN(CCC)C(=O)c1cccc(S(=O)(=O)N(CCc2cc(F)cc(Cl)c2)C[C@@H](O)CNCc2cccc(I)c2)c1. The number of amides is 1. The highest BCUT2D eigenvalue weighted by Crippen LogP contribution is 2.21. The first-order valence-electron chi connectivity index (χ1n) is 14.0. The predicted molar refractivity (Wildman–Crippen MR) is 174 cm³/mol. The lowest BCUT2D eigenvalue weighted by Gasteiger charge is -2.26. The Bertz CT molecular complexity index is 1420. The summed E-state index contributed by atoms with van der Waals surface area (Å²) in [5.41, 5.74) is 1.86. The van der Waals surface area contributed by atoms with Crippen LogP contribution in [0.1, 0.15) is 48.2 Å². The number of aliphatic hydroxyl groups excluding tert-OH is 1. The average Bonchev–Trinajstić information content (AvgIpc) is 2.94. The van der Waals surface area contributed by atoms with E-state index in [-0.39, 0.29) is 47.4 Å². The maximum atomic E-state index is 14.0. The van der Waals surface area contributed by atoms with Gasteiger partial charge in [0.2, 0.25) is 10.0 Å². The van der Waals surface area contributed by atoms with Gasteiger partial charge in [0.15, 0.2) is 0 Å². The summed E-state index contributed by atoms with van der Waals surface area (Å²) in [5.74, 6) is -0.738. The molecule has 228 valence electrons. The first kappa shape index (κ1) is 34.4. The Balaban J connectivity index is 1.82. The number of sulfonamides is 1. The van der Waals surface area contributed by atoms with E-state index in [2.05, 4.69) is 27.9 Å². The number of nitrogens with one attached hydrogen (secondary N) is 1. The topological polar surface area (TPSA) is 90.0 Å². The molecule has 1 atom stereocenters. The molecule has 0 fully saturated rings. The number of nitrogens with zero attached hydrogens (tertiary/aromatic N) is 2. The molecule has 0 aliphatic heterocycles. The third-order valence-corrected chi connectivity index (χ3v) is 9.33. The lowest BCUT2D eigenvalue weighted by Crippen LogP contribution is -2.42. The van der Waals surface area contributed by atoms with Crippen molar-refractivity contribution >= 4 is 50.1 Å². The maximum absolute atomic E-state index is 14.0. The Morgan fingerprint density at radius 3 is 2.38 bits per heavy atom. The highest BCUT2D eigenvalue weighted by Gasteiger charge is 2.28. The molecule has 0 heterocycles. The Hall–Kier alpha value is -2.09. The van der Waals surface area contributed by atoms with E-state index in [9.17, 15) is 22.7 Å². The van der Waals surface area contributed by atoms with E-state index in [0.29, 0.717) is 25.2 Å². The molecule has 7 nitrogen and oxygen atoms in total. The van der Waals surface area contributed by atoms with E-state index in [0.717, 1.165) is 22.0 Å². The Labute approximate surface area is 267 Å². The van der Waals surface area contributed by atoms with Crippen LogP contribution in [0.25, 0.3) is 0 Å². The molecule has 0 saturated heterocycles. The summed E-state index contributed by atoms with van der Waals surface area (Å²) in [4.78, 5) is 14.9. The van der Waals surface area contributed by atoms with Crippen LogP contribution in [0.15, 0.2) is 71.6 Å². The van der Waals surface area contributed by atoms with Crippen molar-refractivity contribution < 1.29 is 22.7 Å². The molecule has 42 heavy (non-hydrogen) atoms. The maximum Gasteiger partial charge on any atom is 0.253 e. The summed E-state index contributed by atoms with van der Waals surface area (Å²) < 4.78 is 44.1. The quantitative estimate of drug-likeness (QED) is 0.184. The van der Waals surface area contributed by atoms with Crippen LogP contribution in [0.3, 0.4) is 0 Å². The van der Waals surface area contributed by atoms with Gasteiger partial charge in [-0.3, -0.25) is 4.79 Å². The second-order valence-electron chi connectivity index (χ2n) is 10.1. The van der Waals surface area contributed by atoms with E-state index in [1.165, 1.54) is 28.6 Å². The van der Waals surface area contributed by atoms with Crippen molar-refractivity contribution in [3.05, 3.63) is 97.8 Å². The number of benzene rings is 3. The fourth-order valence-electron chi connectivity index (χ4n) is 4.62. The van der Waals surface area contributed by atoms with Crippen LogP contribution in [-0.2, 0) is 23.0 Å². The molecule has 0 bridgehead atoms. The van der Waals surface area contributed by atoms with Gasteiger partial charge >= 0.3 is 0 Å². The number of hydrogen-bond acceptors (Lipinski definition) is 5. The van der Waals surface area contributed by atoms with Gasteiger partial charge in [0, 0.05) is 53.4 Å². The molecule has 3 aromatic rings. The summed E-state index contributed by atoms with van der Waals surface area (Å²) in [6, 6.07) is 18.0. The smallest absolute Gasteiger partial charge is 0.253 e. The van der Waals surface area contributed by atoms with E-state index in [1.54, 1.807) is 23.1 Å². The summed E-state index contributed by atoms with van der Waals surface area (Å²) >= 11 is 8.24. The van der Waals surface area contributed by atoms with Crippen molar-refractivity contribution in [3.63, 3.8) is 0 Å². The highest BCUT2D eigenvalue weighted by molar-refractivity contribution is 14.1. The van der Waals surface area contributed by atoms with Gasteiger partial charge in [-0.15, -0.1) is 0 Å². The fourth-order valence-corrected chi connectivity index (χ4v) is 7.00. The third kappa shape index (κ3) is 10.3. The van der Waals surface area contributed by atoms with Crippen LogP contribution in [0, 0.1) is 9.39 Å².